The summed E-state index contributed by atoms with van der Waals surface area (Å²) in [5.74, 6) is -1.61. The number of aryl methyl sites for hydroxylation is 2. The van der Waals surface area contributed by atoms with Gasteiger partial charge in [0.15, 0.2) is 17.3 Å². The number of nitrogens with one attached hydrogen (secondary N) is 1. The lowest BCUT2D eigenvalue weighted by molar-refractivity contribution is 0.213. The van der Waals surface area contributed by atoms with Crippen molar-refractivity contribution in [2.75, 3.05) is 5.32 Å². The van der Waals surface area contributed by atoms with Gasteiger partial charge in [-0.05, 0) is 55.5 Å². The van der Waals surface area contributed by atoms with E-state index in [-0.39, 0.29) is 23.7 Å². The zero-order valence-electron chi connectivity index (χ0n) is 23.3. The molecule has 0 saturated carbocycles. The average Bonchev–Trinajstić information content (AvgIpc) is 3.66. The number of aromatic nitrogens is 6. The highest BCUT2D eigenvalue weighted by Crippen LogP contribution is 2.33. The second kappa shape index (κ2) is 11.3. The van der Waals surface area contributed by atoms with Gasteiger partial charge in [0.25, 0.3) is 0 Å². The standard InChI is InChI=1S/C30H23F2N7O5/c1-3-37-16-27(28(40)39(30(37)42)21-7-4-19(31)5-8-21)44-29(41)35-20-6-9-25(22(32)13-20)43-26-12-18(23-15-36(2)17-33-23)14-38-24(26)10-11-34-38/h4-17H,3H2,1-2H3,(H,35,41). The molecule has 14 heteroatoms. The Morgan fingerprint density at radius 2 is 1.75 bits per heavy atom. The quantitative estimate of drug-likeness (QED) is 0.281. The largest absolute Gasteiger partial charge is 0.452 e. The summed E-state index contributed by atoms with van der Waals surface area (Å²) >= 11 is 0. The Kier molecular flexibility index (Phi) is 7.23. The number of anilines is 1. The average molecular weight is 600 g/mol. The monoisotopic (exact) mass is 599 g/mol. The van der Waals surface area contributed by atoms with Crippen molar-refractivity contribution in [2.24, 2.45) is 7.05 Å². The highest BCUT2D eigenvalue weighted by atomic mass is 19.1. The van der Waals surface area contributed by atoms with Gasteiger partial charge in [-0.3, -0.25) is 14.7 Å². The summed E-state index contributed by atoms with van der Waals surface area (Å²) in [4.78, 5) is 42.9. The fourth-order valence-corrected chi connectivity index (χ4v) is 4.50. The molecule has 1 amide bonds. The maximum atomic E-state index is 15.2. The van der Waals surface area contributed by atoms with E-state index in [1.807, 2.05) is 13.2 Å². The summed E-state index contributed by atoms with van der Waals surface area (Å²) in [6.07, 6.45) is 6.83. The van der Waals surface area contributed by atoms with Gasteiger partial charge in [-0.25, -0.2) is 32.4 Å². The summed E-state index contributed by atoms with van der Waals surface area (Å²) in [5, 5.41) is 6.61. The maximum Gasteiger partial charge on any atom is 0.417 e. The van der Waals surface area contributed by atoms with Crippen LogP contribution in [0.1, 0.15) is 6.92 Å². The highest BCUT2D eigenvalue weighted by molar-refractivity contribution is 5.86. The minimum atomic E-state index is -1.11. The first kappa shape index (κ1) is 28.1. The third-order valence-electron chi connectivity index (χ3n) is 6.62. The molecule has 0 atom stereocenters. The summed E-state index contributed by atoms with van der Waals surface area (Å²) in [7, 11) is 1.84. The fraction of sp³-hybridized carbons (Fsp3) is 0.100. The van der Waals surface area contributed by atoms with Crippen LogP contribution in [0.2, 0.25) is 0 Å². The van der Waals surface area contributed by atoms with E-state index < -0.39 is 34.7 Å². The Morgan fingerprint density at radius 1 is 0.955 bits per heavy atom. The molecule has 0 bridgehead atoms. The topological polar surface area (TPSA) is 127 Å². The van der Waals surface area contributed by atoms with Crippen molar-refractivity contribution in [3.05, 3.63) is 118 Å². The Labute approximate surface area is 247 Å². The van der Waals surface area contributed by atoms with Gasteiger partial charge in [0, 0.05) is 43.3 Å². The number of imidazole rings is 1. The van der Waals surface area contributed by atoms with Crippen molar-refractivity contribution in [3.63, 3.8) is 0 Å². The van der Waals surface area contributed by atoms with Gasteiger partial charge in [-0.1, -0.05) is 0 Å². The molecule has 0 aliphatic carbocycles. The Morgan fingerprint density at radius 3 is 2.45 bits per heavy atom. The van der Waals surface area contributed by atoms with Crippen LogP contribution < -0.4 is 26.0 Å². The van der Waals surface area contributed by atoms with Crippen molar-refractivity contribution in [3.8, 4) is 34.2 Å². The second-order valence-corrected chi connectivity index (χ2v) is 9.62. The number of fused-ring (bicyclic) bond motifs is 1. The Hall–Kier alpha value is -6.05. The van der Waals surface area contributed by atoms with Crippen LogP contribution in [0.3, 0.4) is 0 Å². The molecule has 0 spiro atoms. The molecule has 2 aromatic carbocycles. The number of rotatable bonds is 7. The van der Waals surface area contributed by atoms with E-state index in [2.05, 4.69) is 15.4 Å². The van der Waals surface area contributed by atoms with Crippen LogP contribution in [0.15, 0.2) is 95.3 Å². The fourth-order valence-electron chi connectivity index (χ4n) is 4.50. The molecular weight excluding hydrogens is 576 g/mol. The van der Waals surface area contributed by atoms with Crippen molar-refractivity contribution in [1.82, 2.24) is 28.3 Å². The van der Waals surface area contributed by atoms with Gasteiger partial charge in [-0.15, -0.1) is 0 Å². The number of nitrogens with zero attached hydrogens (tertiary/aromatic N) is 6. The molecule has 1 N–H and O–H groups in total. The number of hydrogen-bond acceptors (Lipinski definition) is 7. The lowest BCUT2D eigenvalue weighted by Gasteiger charge is -2.13. The predicted molar refractivity (Wildman–Crippen MR) is 155 cm³/mol. The van der Waals surface area contributed by atoms with Crippen molar-refractivity contribution < 1.29 is 23.0 Å². The molecule has 0 aliphatic rings. The molecule has 6 rings (SSSR count). The molecule has 4 aromatic heterocycles. The van der Waals surface area contributed by atoms with Crippen LogP contribution in [0.4, 0.5) is 19.3 Å². The van der Waals surface area contributed by atoms with Gasteiger partial charge >= 0.3 is 17.3 Å². The van der Waals surface area contributed by atoms with E-state index in [1.54, 1.807) is 46.9 Å². The van der Waals surface area contributed by atoms with Crippen molar-refractivity contribution in [1.29, 1.82) is 0 Å². The van der Waals surface area contributed by atoms with E-state index in [1.165, 1.54) is 24.3 Å². The second-order valence-electron chi connectivity index (χ2n) is 9.62. The molecule has 0 radical (unpaired) electrons. The third kappa shape index (κ3) is 5.43. The van der Waals surface area contributed by atoms with E-state index in [0.717, 1.165) is 33.5 Å². The summed E-state index contributed by atoms with van der Waals surface area (Å²) < 4.78 is 45.0. The first-order valence-corrected chi connectivity index (χ1v) is 13.2. The minimum absolute atomic E-state index is 0.0132. The maximum absolute atomic E-state index is 15.2. The van der Waals surface area contributed by atoms with Crippen LogP contribution in [0.5, 0.6) is 17.2 Å². The number of carbonyl (C=O) groups is 1. The lowest BCUT2D eigenvalue weighted by Crippen LogP contribution is -2.39. The number of ether oxygens (including phenoxy) is 2. The normalized spacial score (nSPS) is 11.1. The Balaban J connectivity index is 1.23. The molecule has 0 saturated heterocycles. The number of halogens is 2. The van der Waals surface area contributed by atoms with Crippen molar-refractivity contribution >= 4 is 17.3 Å². The highest BCUT2D eigenvalue weighted by Gasteiger charge is 2.18. The molecule has 12 nitrogen and oxygen atoms in total. The van der Waals surface area contributed by atoms with E-state index >= 15 is 4.39 Å². The molecule has 4 heterocycles. The number of hydrogen-bond donors (Lipinski definition) is 1. The predicted octanol–water partition coefficient (Wildman–Crippen LogP) is 4.75. The van der Waals surface area contributed by atoms with Gasteiger partial charge in [0.1, 0.15) is 11.3 Å². The van der Waals surface area contributed by atoms with Crippen LogP contribution in [-0.2, 0) is 13.6 Å². The van der Waals surface area contributed by atoms with E-state index in [9.17, 15) is 18.8 Å². The van der Waals surface area contributed by atoms with Crippen LogP contribution >= 0.6 is 0 Å². The third-order valence-corrected chi connectivity index (χ3v) is 6.62. The number of pyridine rings is 1. The summed E-state index contributed by atoms with van der Waals surface area (Å²) in [6.45, 7) is 1.81. The summed E-state index contributed by atoms with van der Waals surface area (Å²) in [6, 6.07) is 11.9. The summed E-state index contributed by atoms with van der Waals surface area (Å²) in [5.41, 5.74) is 0.432. The van der Waals surface area contributed by atoms with Crippen molar-refractivity contribution in [2.45, 2.75) is 13.5 Å². The first-order valence-electron chi connectivity index (χ1n) is 13.2. The molecule has 0 aliphatic heterocycles. The molecular formula is C30H23F2N7O5. The zero-order chi connectivity index (χ0) is 31.0. The number of carbonyl (C=O) groups excluding carboxylic acids is 1. The molecule has 222 valence electrons. The molecule has 44 heavy (non-hydrogen) atoms. The number of amides is 1. The lowest BCUT2D eigenvalue weighted by atomic mass is 10.2. The van der Waals surface area contributed by atoms with Gasteiger partial charge in [0.05, 0.1) is 30.1 Å². The zero-order valence-corrected chi connectivity index (χ0v) is 23.3. The van der Waals surface area contributed by atoms with Gasteiger partial charge < -0.3 is 14.0 Å². The van der Waals surface area contributed by atoms with Gasteiger partial charge in [-0.2, -0.15) is 5.10 Å². The van der Waals surface area contributed by atoms with Crippen LogP contribution in [-0.4, -0.2) is 34.4 Å². The number of benzene rings is 2. The van der Waals surface area contributed by atoms with E-state index in [0.29, 0.717) is 22.5 Å². The SMILES string of the molecule is CCn1cc(OC(=O)Nc2ccc(Oc3cc(-c4cn(C)cn4)cn4nccc34)c(F)c2)c(=O)n(-c2ccc(F)cc2)c1=O. The first-order chi connectivity index (χ1) is 21.2. The molecule has 0 fully saturated rings. The Bertz CT molecular complexity index is 2150. The van der Waals surface area contributed by atoms with E-state index in [4.69, 9.17) is 9.47 Å². The van der Waals surface area contributed by atoms with Crippen LogP contribution in [0, 0.1) is 11.6 Å². The minimum Gasteiger partial charge on any atom is -0.452 e. The van der Waals surface area contributed by atoms with Crippen LogP contribution in [0.25, 0.3) is 22.5 Å². The van der Waals surface area contributed by atoms with Gasteiger partial charge in [0.2, 0.25) is 5.75 Å². The smallest absolute Gasteiger partial charge is 0.417 e. The molecule has 6 aromatic rings. The molecule has 0 unspecified atom stereocenters.